The number of nitrogens with zero attached hydrogens (tertiary/aromatic N) is 4. The molecule has 2 fully saturated rings. The molecule has 0 radical (unpaired) electrons. The molecule has 3 rings (SSSR count). The number of piperidine rings is 2. The number of carboxylic acid groups (broad SMARTS) is 1. The minimum Gasteiger partial charge on any atom is -0.481 e. The van der Waals surface area contributed by atoms with Crippen molar-refractivity contribution in [1.29, 1.82) is 0 Å². The third kappa shape index (κ3) is 3.49. The van der Waals surface area contributed by atoms with Gasteiger partial charge in [-0.15, -0.1) is 10.2 Å². The molecule has 2 atom stereocenters. The van der Waals surface area contributed by atoms with Crippen LogP contribution in [0.3, 0.4) is 0 Å². The summed E-state index contributed by atoms with van der Waals surface area (Å²) in [6.45, 7) is 3.28. The molecule has 2 unspecified atom stereocenters. The number of carbonyl (C=O) groups is 1. The highest BCUT2D eigenvalue weighted by molar-refractivity contribution is 8.01. The first-order valence-electron chi connectivity index (χ1n) is 7.27. The van der Waals surface area contributed by atoms with E-state index in [0.717, 1.165) is 28.5 Å². The van der Waals surface area contributed by atoms with E-state index in [1.165, 1.54) is 48.9 Å². The number of hydrogen-bond donors (Lipinski definition) is 1. The fraction of sp³-hybridized carbons (Fsp3) is 0.769. The number of fused-ring (bicyclic) bond motifs is 1. The number of thioether (sulfide) groups is 1. The highest BCUT2D eigenvalue weighted by Gasteiger charge is 2.35. The maximum absolute atomic E-state index is 10.6. The summed E-state index contributed by atoms with van der Waals surface area (Å²) in [6.07, 6.45) is 3.75. The Morgan fingerprint density at radius 1 is 1.43 bits per heavy atom. The summed E-state index contributed by atoms with van der Waals surface area (Å²) in [7, 11) is 2.23. The van der Waals surface area contributed by atoms with Gasteiger partial charge in [0.2, 0.25) is 5.13 Å². The van der Waals surface area contributed by atoms with Crippen molar-refractivity contribution in [2.24, 2.45) is 5.92 Å². The van der Waals surface area contributed by atoms with Crippen molar-refractivity contribution < 1.29 is 9.90 Å². The second kappa shape index (κ2) is 6.50. The first-order valence-corrected chi connectivity index (χ1v) is 9.07. The molecule has 3 heterocycles. The van der Waals surface area contributed by atoms with E-state index >= 15 is 0 Å². The summed E-state index contributed by atoms with van der Waals surface area (Å²) in [5.41, 5.74) is 0. The van der Waals surface area contributed by atoms with E-state index < -0.39 is 5.97 Å². The van der Waals surface area contributed by atoms with Gasteiger partial charge in [-0.3, -0.25) is 4.79 Å². The van der Waals surface area contributed by atoms with E-state index in [9.17, 15) is 4.79 Å². The average Bonchev–Trinajstić information content (AvgIpc) is 2.94. The van der Waals surface area contributed by atoms with Crippen LogP contribution in [0.15, 0.2) is 4.34 Å². The van der Waals surface area contributed by atoms with Gasteiger partial charge >= 0.3 is 5.97 Å². The first-order chi connectivity index (χ1) is 10.1. The topological polar surface area (TPSA) is 69.6 Å². The van der Waals surface area contributed by atoms with Crippen LogP contribution in [0.25, 0.3) is 0 Å². The lowest BCUT2D eigenvalue weighted by atomic mass is 9.84. The lowest BCUT2D eigenvalue weighted by molar-refractivity contribution is -0.133. The Labute approximate surface area is 132 Å². The van der Waals surface area contributed by atoms with Gasteiger partial charge in [-0.05, 0) is 38.8 Å². The van der Waals surface area contributed by atoms with Gasteiger partial charge < -0.3 is 14.9 Å². The van der Waals surface area contributed by atoms with E-state index in [2.05, 4.69) is 27.0 Å². The van der Waals surface area contributed by atoms with Crippen molar-refractivity contribution in [2.45, 2.75) is 29.6 Å². The zero-order valence-electron chi connectivity index (χ0n) is 12.1. The average molecular weight is 328 g/mol. The van der Waals surface area contributed by atoms with Crippen LogP contribution in [0.5, 0.6) is 0 Å². The maximum Gasteiger partial charge on any atom is 0.313 e. The fourth-order valence-electron chi connectivity index (χ4n) is 3.34. The molecule has 2 saturated heterocycles. The normalized spacial score (nSPS) is 26.6. The molecule has 1 aromatic heterocycles. The van der Waals surface area contributed by atoms with Crippen LogP contribution in [-0.2, 0) is 4.79 Å². The number of carboxylic acids is 1. The zero-order chi connectivity index (χ0) is 14.8. The van der Waals surface area contributed by atoms with E-state index in [4.69, 9.17) is 5.11 Å². The molecule has 6 nitrogen and oxygen atoms in total. The Bertz CT molecular complexity index is 510. The van der Waals surface area contributed by atoms with Gasteiger partial charge in [-0.1, -0.05) is 23.1 Å². The molecule has 0 saturated carbocycles. The molecule has 21 heavy (non-hydrogen) atoms. The standard InChI is InChI=1S/C13H20N4O2S2/c1-16-5-2-3-9-7-17(6-4-10(9)16)12-14-15-13(21-12)20-8-11(18)19/h9-10H,2-8H2,1H3,(H,18,19). The quantitative estimate of drug-likeness (QED) is 0.843. The van der Waals surface area contributed by atoms with Crippen LogP contribution in [0.1, 0.15) is 19.3 Å². The molecule has 8 heteroatoms. The second-order valence-electron chi connectivity index (χ2n) is 5.72. The van der Waals surface area contributed by atoms with Crippen LogP contribution >= 0.6 is 23.1 Å². The van der Waals surface area contributed by atoms with E-state index in [1.54, 1.807) is 0 Å². The largest absolute Gasteiger partial charge is 0.481 e. The van der Waals surface area contributed by atoms with Gasteiger partial charge in [0.1, 0.15) is 0 Å². The summed E-state index contributed by atoms with van der Waals surface area (Å²) in [6, 6.07) is 0.712. The van der Waals surface area contributed by atoms with Gasteiger partial charge in [0.25, 0.3) is 0 Å². The van der Waals surface area contributed by atoms with Gasteiger partial charge in [0.05, 0.1) is 5.75 Å². The summed E-state index contributed by atoms with van der Waals surface area (Å²) in [5.74, 6) is -0.0521. The minimum absolute atomic E-state index is 0.0458. The summed E-state index contributed by atoms with van der Waals surface area (Å²) < 4.78 is 0.746. The Morgan fingerprint density at radius 2 is 2.29 bits per heavy atom. The molecular weight excluding hydrogens is 308 g/mol. The number of anilines is 1. The molecular formula is C13H20N4O2S2. The number of hydrogen-bond acceptors (Lipinski definition) is 7. The van der Waals surface area contributed by atoms with Crippen molar-refractivity contribution in [3.8, 4) is 0 Å². The maximum atomic E-state index is 10.6. The van der Waals surface area contributed by atoms with Crippen molar-refractivity contribution in [3.63, 3.8) is 0 Å². The smallest absolute Gasteiger partial charge is 0.313 e. The van der Waals surface area contributed by atoms with E-state index in [0.29, 0.717) is 6.04 Å². The number of aromatic nitrogens is 2. The molecule has 116 valence electrons. The molecule has 0 bridgehead atoms. The molecule has 0 amide bonds. The zero-order valence-corrected chi connectivity index (χ0v) is 13.7. The monoisotopic (exact) mass is 328 g/mol. The highest BCUT2D eigenvalue weighted by atomic mass is 32.2. The predicted molar refractivity (Wildman–Crippen MR) is 84.2 cm³/mol. The van der Waals surface area contributed by atoms with Crippen LogP contribution in [0.2, 0.25) is 0 Å². The van der Waals surface area contributed by atoms with E-state index in [-0.39, 0.29) is 5.75 Å². The lowest BCUT2D eigenvalue weighted by Crippen LogP contribution is -2.52. The first kappa shape index (κ1) is 15.1. The van der Waals surface area contributed by atoms with Crippen molar-refractivity contribution in [3.05, 3.63) is 0 Å². The molecule has 1 N–H and O–H groups in total. The highest BCUT2D eigenvalue weighted by Crippen LogP contribution is 2.34. The number of rotatable bonds is 4. The number of likely N-dealkylation sites (tertiary alicyclic amines) is 1. The van der Waals surface area contributed by atoms with Crippen LogP contribution in [0.4, 0.5) is 5.13 Å². The molecule has 2 aliphatic heterocycles. The molecule has 1 aromatic rings. The van der Waals surface area contributed by atoms with Crippen molar-refractivity contribution in [1.82, 2.24) is 15.1 Å². The Hall–Kier alpha value is -0.860. The SMILES string of the molecule is CN1CCCC2CN(c3nnc(SCC(=O)O)s3)CCC21. The number of aliphatic carboxylic acids is 1. The van der Waals surface area contributed by atoms with Gasteiger partial charge in [-0.2, -0.15) is 0 Å². The van der Waals surface area contributed by atoms with Gasteiger partial charge in [0, 0.05) is 19.1 Å². The Kier molecular flexibility index (Phi) is 4.66. The van der Waals surface area contributed by atoms with Crippen LogP contribution < -0.4 is 4.90 Å². The predicted octanol–water partition coefficient (Wildman–Crippen LogP) is 1.64. The third-order valence-electron chi connectivity index (χ3n) is 4.33. The molecule has 0 aliphatic carbocycles. The summed E-state index contributed by atoms with van der Waals surface area (Å²) >= 11 is 2.76. The van der Waals surface area contributed by atoms with Crippen molar-refractivity contribution >= 4 is 34.2 Å². The molecule has 0 aromatic carbocycles. The second-order valence-corrected chi connectivity index (χ2v) is 7.90. The molecule has 0 spiro atoms. The van der Waals surface area contributed by atoms with Gasteiger partial charge in [-0.25, -0.2) is 0 Å². The lowest BCUT2D eigenvalue weighted by Gasteiger charge is -2.45. The minimum atomic E-state index is -0.817. The Balaban J connectivity index is 1.61. The molecule has 2 aliphatic rings. The van der Waals surface area contributed by atoms with Gasteiger partial charge in [0.15, 0.2) is 4.34 Å². The summed E-state index contributed by atoms with van der Waals surface area (Å²) in [4.78, 5) is 15.4. The van der Waals surface area contributed by atoms with Crippen LogP contribution in [-0.4, -0.2) is 64.6 Å². The van der Waals surface area contributed by atoms with Crippen LogP contribution in [0, 0.1) is 5.92 Å². The Morgan fingerprint density at radius 3 is 3.10 bits per heavy atom. The van der Waals surface area contributed by atoms with E-state index in [1.807, 2.05) is 0 Å². The van der Waals surface area contributed by atoms with Crippen molar-refractivity contribution in [2.75, 3.05) is 37.3 Å². The fourth-order valence-corrected chi connectivity index (χ4v) is 4.93. The summed E-state index contributed by atoms with van der Waals surface area (Å²) in [5, 5.41) is 18.0. The third-order valence-corrected chi connectivity index (χ3v) is 6.43.